The van der Waals surface area contributed by atoms with E-state index in [0.717, 1.165) is 17.7 Å². The van der Waals surface area contributed by atoms with Gasteiger partial charge in [-0.05, 0) is 36.9 Å². The van der Waals surface area contributed by atoms with Crippen molar-refractivity contribution in [3.63, 3.8) is 0 Å². The molecule has 3 unspecified atom stereocenters. The third kappa shape index (κ3) is 3.42. The first-order valence-corrected chi connectivity index (χ1v) is 7.96. The summed E-state index contributed by atoms with van der Waals surface area (Å²) in [4.78, 5) is 12.2. The Hall–Kier alpha value is -1.20. The van der Waals surface area contributed by atoms with E-state index in [2.05, 4.69) is 5.32 Å². The molecule has 0 saturated carbocycles. The molecular formula is C14H20N2O2S. The van der Waals surface area contributed by atoms with Crippen LogP contribution >= 0.6 is 0 Å². The molecule has 104 valence electrons. The van der Waals surface area contributed by atoms with Crippen molar-refractivity contribution in [3.8, 4) is 0 Å². The smallest absolute Gasteiger partial charge is 0.240 e. The zero-order valence-electron chi connectivity index (χ0n) is 11.1. The molecule has 5 heteroatoms. The SMILES string of the molecule is CC(CN)CS(=O)C1CCc2ccccc2NC1=O. The highest BCUT2D eigenvalue weighted by Gasteiger charge is 2.29. The lowest BCUT2D eigenvalue weighted by Crippen LogP contribution is -2.34. The fourth-order valence-corrected chi connectivity index (χ4v) is 3.81. The minimum Gasteiger partial charge on any atom is -0.330 e. The Morgan fingerprint density at radius 3 is 2.95 bits per heavy atom. The summed E-state index contributed by atoms with van der Waals surface area (Å²) in [7, 11) is -1.16. The highest BCUT2D eigenvalue weighted by atomic mass is 32.2. The number of aryl methyl sites for hydroxylation is 1. The summed E-state index contributed by atoms with van der Waals surface area (Å²) in [6.07, 6.45) is 1.41. The molecule has 2 rings (SSSR count). The lowest BCUT2D eigenvalue weighted by Gasteiger charge is -2.15. The molecule has 3 atom stereocenters. The zero-order valence-corrected chi connectivity index (χ0v) is 11.9. The average Bonchev–Trinajstić information content (AvgIpc) is 2.56. The van der Waals surface area contributed by atoms with Crippen molar-refractivity contribution in [2.45, 2.75) is 25.0 Å². The average molecular weight is 280 g/mol. The maximum absolute atomic E-state index is 12.3. The molecule has 0 saturated heterocycles. The molecule has 4 nitrogen and oxygen atoms in total. The minimum absolute atomic E-state index is 0.132. The van der Waals surface area contributed by atoms with Gasteiger partial charge in [-0.15, -0.1) is 0 Å². The molecular weight excluding hydrogens is 260 g/mol. The fourth-order valence-electron chi connectivity index (χ4n) is 2.21. The number of amides is 1. The summed E-state index contributed by atoms with van der Waals surface area (Å²) >= 11 is 0. The number of hydrogen-bond acceptors (Lipinski definition) is 3. The number of benzene rings is 1. The number of nitrogens with one attached hydrogen (secondary N) is 1. The molecule has 0 aromatic heterocycles. The molecule has 1 aliphatic heterocycles. The second-order valence-electron chi connectivity index (χ2n) is 5.06. The first kappa shape index (κ1) is 14.2. The van der Waals surface area contributed by atoms with Crippen molar-refractivity contribution in [3.05, 3.63) is 29.8 Å². The maximum atomic E-state index is 12.3. The number of carbonyl (C=O) groups excluding carboxylic acids is 1. The Kier molecular flexibility index (Phi) is 4.71. The van der Waals surface area contributed by atoms with Gasteiger partial charge in [0.05, 0.1) is 0 Å². The van der Waals surface area contributed by atoms with Gasteiger partial charge in [-0.1, -0.05) is 25.1 Å². The zero-order chi connectivity index (χ0) is 13.8. The van der Waals surface area contributed by atoms with Crippen LogP contribution in [0.5, 0.6) is 0 Å². The number of anilines is 1. The third-order valence-electron chi connectivity index (χ3n) is 3.41. The van der Waals surface area contributed by atoms with Crippen molar-refractivity contribution in [1.29, 1.82) is 0 Å². The van der Waals surface area contributed by atoms with E-state index >= 15 is 0 Å². The van der Waals surface area contributed by atoms with E-state index in [0.29, 0.717) is 18.7 Å². The monoisotopic (exact) mass is 280 g/mol. The topological polar surface area (TPSA) is 72.2 Å². The van der Waals surface area contributed by atoms with Gasteiger partial charge in [0.25, 0.3) is 0 Å². The first-order chi connectivity index (χ1) is 9.11. The number of nitrogens with two attached hydrogens (primary N) is 1. The molecule has 0 bridgehead atoms. The highest BCUT2D eigenvalue weighted by Crippen LogP contribution is 2.23. The molecule has 0 spiro atoms. The van der Waals surface area contributed by atoms with Gasteiger partial charge in [-0.2, -0.15) is 0 Å². The van der Waals surface area contributed by atoms with Gasteiger partial charge in [0.2, 0.25) is 5.91 Å². The van der Waals surface area contributed by atoms with Gasteiger partial charge < -0.3 is 11.1 Å². The maximum Gasteiger partial charge on any atom is 0.240 e. The summed E-state index contributed by atoms with van der Waals surface area (Å²) in [6.45, 7) is 2.46. The van der Waals surface area contributed by atoms with Crippen LogP contribution in [0.4, 0.5) is 5.69 Å². The highest BCUT2D eigenvalue weighted by molar-refractivity contribution is 7.86. The van der Waals surface area contributed by atoms with Crippen LogP contribution in [0.25, 0.3) is 0 Å². The number of hydrogen-bond donors (Lipinski definition) is 2. The van der Waals surface area contributed by atoms with Gasteiger partial charge in [0.15, 0.2) is 0 Å². The van der Waals surface area contributed by atoms with Gasteiger partial charge in [0, 0.05) is 22.2 Å². The molecule has 0 aliphatic carbocycles. The van der Waals surface area contributed by atoms with Gasteiger partial charge in [0.1, 0.15) is 5.25 Å². The van der Waals surface area contributed by atoms with Crippen LogP contribution < -0.4 is 11.1 Å². The molecule has 19 heavy (non-hydrogen) atoms. The van der Waals surface area contributed by atoms with E-state index in [1.807, 2.05) is 31.2 Å². The number of fused-ring (bicyclic) bond motifs is 1. The Labute approximate surface area is 116 Å². The number of carbonyl (C=O) groups is 1. The Morgan fingerprint density at radius 1 is 1.47 bits per heavy atom. The molecule has 1 heterocycles. The summed E-state index contributed by atoms with van der Waals surface area (Å²) in [5, 5.41) is 2.45. The van der Waals surface area contributed by atoms with Crippen LogP contribution in [-0.2, 0) is 22.0 Å². The number of para-hydroxylation sites is 1. The largest absolute Gasteiger partial charge is 0.330 e. The third-order valence-corrected chi connectivity index (χ3v) is 5.39. The van der Waals surface area contributed by atoms with Crippen LogP contribution in [-0.4, -0.2) is 27.7 Å². The fraction of sp³-hybridized carbons (Fsp3) is 0.500. The van der Waals surface area contributed by atoms with Crippen LogP contribution in [0, 0.1) is 5.92 Å². The molecule has 1 aromatic carbocycles. The normalized spacial score (nSPS) is 22.0. The summed E-state index contributed by atoms with van der Waals surface area (Å²) in [5.74, 6) is 0.539. The van der Waals surface area contributed by atoms with E-state index in [1.165, 1.54) is 0 Å². The standard InChI is InChI=1S/C14H20N2O2S/c1-10(8-15)9-19(18)13-7-6-11-4-2-3-5-12(11)16-14(13)17/h2-5,10,13H,6-9,15H2,1H3,(H,16,17). The molecule has 0 radical (unpaired) electrons. The van der Waals surface area contributed by atoms with E-state index in [9.17, 15) is 9.00 Å². The van der Waals surface area contributed by atoms with Crippen molar-refractivity contribution in [2.24, 2.45) is 11.7 Å². The van der Waals surface area contributed by atoms with E-state index in [1.54, 1.807) is 0 Å². The van der Waals surface area contributed by atoms with Gasteiger partial charge in [-0.25, -0.2) is 0 Å². The molecule has 1 aliphatic rings. The summed E-state index contributed by atoms with van der Waals surface area (Å²) < 4.78 is 12.3. The molecule has 3 N–H and O–H groups in total. The van der Waals surface area contributed by atoms with E-state index < -0.39 is 16.0 Å². The number of rotatable bonds is 4. The predicted octanol–water partition coefficient (Wildman–Crippen LogP) is 1.28. The minimum atomic E-state index is -1.16. The van der Waals surface area contributed by atoms with Gasteiger partial charge in [-0.3, -0.25) is 9.00 Å². The van der Waals surface area contributed by atoms with Crippen LogP contribution in [0.15, 0.2) is 24.3 Å². The Morgan fingerprint density at radius 2 is 2.21 bits per heavy atom. The summed E-state index contributed by atoms with van der Waals surface area (Å²) in [6, 6.07) is 7.75. The van der Waals surface area contributed by atoms with Crippen molar-refractivity contribution in [1.82, 2.24) is 0 Å². The van der Waals surface area contributed by atoms with Crippen molar-refractivity contribution < 1.29 is 9.00 Å². The summed E-state index contributed by atoms with van der Waals surface area (Å²) in [5.41, 5.74) is 7.51. The van der Waals surface area contributed by atoms with Gasteiger partial charge >= 0.3 is 0 Å². The molecule has 0 fully saturated rings. The van der Waals surface area contributed by atoms with Crippen molar-refractivity contribution >= 4 is 22.4 Å². The van der Waals surface area contributed by atoms with E-state index in [-0.39, 0.29) is 11.8 Å². The van der Waals surface area contributed by atoms with E-state index in [4.69, 9.17) is 5.73 Å². The van der Waals surface area contributed by atoms with Crippen LogP contribution in [0.1, 0.15) is 18.9 Å². The second kappa shape index (κ2) is 6.30. The molecule has 1 amide bonds. The first-order valence-electron chi connectivity index (χ1n) is 6.58. The van der Waals surface area contributed by atoms with Crippen LogP contribution in [0.3, 0.4) is 0 Å². The lowest BCUT2D eigenvalue weighted by molar-refractivity contribution is -0.115. The Balaban J connectivity index is 2.10. The quantitative estimate of drug-likeness (QED) is 0.873. The molecule has 1 aromatic rings. The predicted molar refractivity (Wildman–Crippen MR) is 78.4 cm³/mol. The van der Waals surface area contributed by atoms with Crippen molar-refractivity contribution in [2.75, 3.05) is 17.6 Å². The Bertz CT molecular complexity index is 490. The lowest BCUT2D eigenvalue weighted by atomic mass is 10.1. The van der Waals surface area contributed by atoms with Crippen LogP contribution in [0.2, 0.25) is 0 Å². The second-order valence-corrected chi connectivity index (χ2v) is 6.73.